The highest BCUT2D eigenvalue weighted by atomic mass is 16.5. The van der Waals surface area contributed by atoms with Crippen LogP contribution in [0.25, 0.3) is 21.9 Å². The molecule has 480 valence electrons. The number of aliphatic hydroxyl groups excluding tert-OH is 2. The van der Waals surface area contributed by atoms with E-state index < -0.39 is 47.9 Å². The van der Waals surface area contributed by atoms with Gasteiger partial charge in [0.1, 0.15) is 53.0 Å². The van der Waals surface area contributed by atoms with Gasteiger partial charge in [-0.15, -0.1) is 0 Å². The molecule has 7 N–H and O–H groups in total. The summed E-state index contributed by atoms with van der Waals surface area (Å²) in [6.45, 7) is 3.48. The van der Waals surface area contributed by atoms with E-state index in [-0.39, 0.29) is 70.8 Å². The molecule has 0 radical (unpaired) electrons. The third kappa shape index (κ3) is 9.11. The molecular weight excluding hydrogens is 1140 g/mol. The highest BCUT2D eigenvalue weighted by Gasteiger charge is 2.77. The molecule has 0 amide bonds. The van der Waals surface area contributed by atoms with Crippen molar-refractivity contribution < 1.29 is 54.0 Å². The maximum Gasteiger partial charge on any atom is 0.149 e. The molecule has 0 unspecified atom stereocenters. The average molecular weight is 1230 g/mol. The lowest BCUT2D eigenvalue weighted by molar-refractivity contribution is -0.211. The molecular formula is C78H92N2O11. The Kier molecular flexibility index (Phi) is 14.4. The van der Waals surface area contributed by atoms with E-state index >= 15 is 0 Å². The molecule has 18 rings (SSSR count). The van der Waals surface area contributed by atoms with E-state index in [4.69, 9.17) is 33.7 Å². The number of rotatable bonds is 11. The lowest BCUT2D eigenvalue weighted by Crippen LogP contribution is -2.83. The van der Waals surface area contributed by atoms with Crippen LogP contribution in [-0.2, 0) is 22.3 Å². The number of hydrogen-bond acceptors (Lipinski definition) is 13. The Morgan fingerprint density at radius 2 is 1.64 bits per heavy atom. The molecule has 16 atom stereocenters. The second-order valence-corrected chi connectivity index (χ2v) is 30.6. The van der Waals surface area contributed by atoms with Gasteiger partial charge in [-0.1, -0.05) is 62.3 Å². The van der Waals surface area contributed by atoms with E-state index in [1.165, 1.54) is 77.0 Å². The smallest absolute Gasteiger partial charge is 0.149 e. The lowest BCUT2D eigenvalue weighted by Gasteiger charge is -2.65. The number of ether oxygens (including phenoxy) is 6. The van der Waals surface area contributed by atoms with E-state index in [1.54, 1.807) is 31.4 Å². The quantitative estimate of drug-likeness (QED) is 0.0378. The SMILES string of the molecule is CCc1cc(-c2cccc(O)c2)c(Cc2cc(OC3CCCC3)cc3c2OC[C@H]([C@@H]2[C@@H](CCCOC)Oc4c5cc(c6cc(O)ccc46)OCC#C[C@H]4CN[C@@]6(CC7(CCCC7)[C@@]78CC[C@]9(CCC[C@H]9CC[C@@H]67)C8)N[C@@]46[C@@H]4C=C[C@@H]([C@@H](O)C4)[C@@H]6O[C@@H]52)[C@@H]3O)cc1O. The minimum atomic E-state index is -1.09. The second-order valence-electron chi connectivity index (χ2n) is 30.6. The van der Waals surface area contributed by atoms with Crippen molar-refractivity contribution in [3.05, 3.63) is 113 Å². The van der Waals surface area contributed by atoms with Gasteiger partial charge in [0.2, 0.25) is 0 Å². The van der Waals surface area contributed by atoms with E-state index in [0.717, 1.165) is 76.8 Å². The fourth-order valence-corrected chi connectivity index (χ4v) is 22.7. The van der Waals surface area contributed by atoms with Crippen LogP contribution in [-0.4, -0.2) is 94.6 Å². The topological polar surface area (TPSA) is 181 Å². The van der Waals surface area contributed by atoms with Gasteiger partial charge in [-0.3, -0.25) is 10.6 Å². The zero-order valence-electron chi connectivity index (χ0n) is 53.2. The number of aromatic hydroxyl groups is 3. The molecule has 13 nitrogen and oxygen atoms in total. The summed E-state index contributed by atoms with van der Waals surface area (Å²) >= 11 is 0. The predicted molar refractivity (Wildman–Crippen MR) is 347 cm³/mol. The lowest BCUT2D eigenvalue weighted by atomic mass is 9.54. The summed E-state index contributed by atoms with van der Waals surface area (Å²) < 4.78 is 43.0. The molecule has 7 saturated carbocycles. The molecule has 1 saturated heterocycles. The monoisotopic (exact) mass is 1230 g/mol. The standard InChI is InChI=1S/C78H92N2O11/c1-3-45-35-58(46-12-8-15-52(81)33-46)47(36-63(45)83)32-48-34-55(89-54-16-4-5-17-54)39-60-69(85)62(42-88-70(48)60)68-65(18-11-30-86-2)90-71-56-23-21-53(82)38-59(56)66-40-61(71)72(68)91-73-57-22-19-50(37-64(57)84)78(73)51(14-10-31-87-66)41-79-77(80-78)44-75(26-6-7-27-75)76-29-28-74(43-76)25-9-13-49(74)20-24-67(76)77/h8,12,15,19,21-23,33-36,38-40,49-51,54,57,62,64-65,67-69,72-73,79-85H,3-7,9,11,13,16-18,20,24-32,37,41-44H2,1-2H3/t49-,50+,51-,57-,62+,64-,65+,67+,68+,69+,72-,73-,74+,76+,77-,78-/m0/s1. The van der Waals surface area contributed by atoms with Gasteiger partial charge < -0.3 is 54.0 Å². The number of benzene rings is 5. The molecule has 5 spiro atoms. The van der Waals surface area contributed by atoms with E-state index in [2.05, 4.69) is 41.4 Å². The molecule has 13 heteroatoms. The first-order valence-corrected chi connectivity index (χ1v) is 35.3. The molecule has 5 aromatic rings. The zero-order chi connectivity index (χ0) is 61.6. The number of phenols is 3. The molecule has 5 aromatic carbocycles. The first-order valence-electron chi connectivity index (χ1n) is 35.3. The number of fused-ring (bicyclic) bond motifs is 7. The summed E-state index contributed by atoms with van der Waals surface area (Å²) in [6.07, 6.45) is 25.1. The van der Waals surface area contributed by atoms with Gasteiger partial charge in [-0.2, -0.15) is 0 Å². The summed E-state index contributed by atoms with van der Waals surface area (Å²) in [5.41, 5.74) is 5.52. The Morgan fingerprint density at radius 1 is 0.769 bits per heavy atom. The van der Waals surface area contributed by atoms with Gasteiger partial charge >= 0.3 is 0 Å². The largest absolute Gasteiger partial charge is 0.508 e. The Bertz CT molecular complexity index is 3770. The highest BCUT2D eigenvalue weighted by Crippen LogP contribution is 2.80. The van der Waals surface area contributed by atoms with Crippen LogP contribution in [0.4, 0.5) is 0 Å². The second kappa shape index (κ2) is 22.3. The van der Waals surface area contributed by atoms with Gasteiger partial charge in [0, 0.05) is 77.8 Å². The minimum absolute atomic E-state index is 0.0274. The molecule has 13 aliphatic rings. The van der Waals surface area contributed by atoms with E-state index in [1.807, 2.05) is 43.3 Å². The number of aliphatic hydroxyl groups is 2. The van der Waals surface area contributed by atoms with Crippen LogP contribution in [0.3, 0.4) is 0 Å². The van der Waals surface area contributed by atoms with Crippen LogP contribution >= 0.6 is 0 Å². The number of hydrogen-bond donors (Lipinski definition) is 7. The molecule has 4 heterocycles. The van der Waals surface area contributed by atoms with Crippen molar-refractivity contribution in [2.45, 2.75) is 196 Å². The van der Waals surface area contributed by atoms with Crippen molar-refractivity contribution in [1.29, 1.82) is 0 Å². The van der Waals surface area contributed by atoms with Crippen LogP contribution in [0.1, 0.15) is 175 Å². The first-order chi connectivity index (χ1) is 44.3. The number of phenolic OH excluding ortho intramolecular Hbond substituents is 3. The predicted octanol–water partition coefficient (Wildman–Crippen LogP) is 13.6. The Balaban J connectivity index is 0.822. The maximum atomic E-state index is 13.9. The Hall–Kier alpha value is -5.98. The van der Waals surface area contributed by atoms with Crippen molar-refractivity contribution in [1.82, 2.24) is 10.6 Å². The van der Waals surface area contributed by atoms with Gasteiger partial charge in [-0.25, -0.2) is 0 Å². The summed E-state index contributed by atoms with van der Waals surface area (Å²) in [6, 6.07) is 22.6. The molecule has 4 aliphatic heterocycles. The van der Waals surface area contributed by atoms with Gasteiger partial charge in [0.05, 0.1) is 54.2 Å². The third-order valence-corrected chi connectivity index (χ3v) is 26.5. The van der Waals surface area contributed by atoms with Crippen molar-refractivity contribution in [2.24, 2.45) is 57.7 Å². The fourth-order valence-electron chi connectivity index (χ4n) is 22.7. The zero-order valence-corrected chi connectivity index (χ0v) is 53.2. The average Bonchev–Trinajstić information content (AvgIpc) is 1.53. The Morgan fingerprint density at radius 3 is 2.47 bits per heavy atom. The molecule has 91 heavy (non-hydrogen) atoms. The Labute approximate surface area is 536 Å². The van der Waals surface area contributed by atoms with Crippen LogP contribution < -0.4 is 29.6 Å². The van der Waals surface area contributed by atoms with Crippen molar-refractivity contribution in [3.8, 4) is 63.2 Å². The van der Waals surface area contributed by atoms with E-state index in [0.29, 0.717) is 90.5 Å². The van der Waals surface area contributed by atoms with Crippen LogP contribution in [0.5, 0.6) is 40.2 Å². The summed E-state index contributed by atoms with van der Waals surface area (Å²) in [4.78, 5) is 0. The van der Waals surface area contributed by atoms with Crippen molar-refractivity contribution in [2.75, 3.05) is 33.5 Å². The molecule has 8 fully saturated rings. The van der Waals surface area contributed by atoms with Gasteiger partial charge in [0.25, 0.3) is 0 Å². The van der Waals surface area contributed by atoms with Crippen molar-refractivity contribution in [3.63, 3.8) is 0 Å². The number of nitrogens with one attached hydrogen (secondary N) is 2. The maximum absolute atomic E-state index is 13.9. The third-order valence-electron chi connectivity index (χ3n) is 26.5. The summed E-state index contributed by atoms with van der Waals surface area (Å²) in [5, 5.41) is 70.9. The summed E-state index contributed by atoms with van der Waals surface area (Å²) in [7, 11) is 1.73. The number of methoxy groups -OCH3 is 1. The van der Waals surface area contributed by atoms with Crippen molar-refractivity contribution >= 4 is 10.8 Å². The number of aryl methyl sites for hydroxylation is 1. The van der Waals surface area contributed by atoms with E-state index in [9.17, 15) is 25.5 Å². The molecule has 6 bridgehead atoms. The molecule has 0 aromatic heterocycles. The van der Waals surface area contributed by atoms with Gasteiger partial charge in [0.15, 0.2) is 0 Å². The minimum Gasteiger partial charge on any atom is -0.508 e. The normalized spacial score (nSPS) is 37.0. The van der Waals surface area contributed by atoms with Crippen LogP contribution in [0.2, 0.25) is 0 Å². The summed E-state index contributed by atoms with van der Waals surface area (Å²) in [5.74, 6) is 9.88. The van der Waals surface area contributed by atoms with Crippen LogP contribution in [0.15, 0.2) is 84.9 Å². The molecule has 9 aliphatic carbocycles. The first kappa shape index (κ1) is 58.8. The van der Waals surface area contributed by atoms with Gasteiger partial charge in [-0.05, 0) is 227 Å². The van der Waals surface area contributed by atoms with Crippen LogP contribution in [0, 0.1) is 69.5 Å². The fraction of sp³-hybridized carbons (Fsp3) is 0.590. The highest BCUT2D eigenvalue weighted by molar-refractivity contribution is 5.96.